The average molecular weight is 423 g/mol. The third-order valence-electron chi connectivity index (χ3n) is 5.47. The predicted octanol–water partition coefficient (Wildman–Crippen LogP) is 4.11. The smallest absolute Gasteiger partial charge is 0.372 e. The molecule has 0 saturated carbocycles. The molecule has 1 N–H and O–H groups in total. The van der Waals surface area contributed by atoms with Crippen LogP contribution in [0.3, 0.4) is 0 Å². The van der Waals surface area contributed by atoms with E-state index in [0.717, 1.165) is 0 Å². The van der Waals surface area contributed by atoms with Gasteiger partial charge in [0.2, 0.25) is 5.60 Å². The van der Waals surface area contributed by atoms with Gasteiger partial charge in [-0.1, -0.05) is 24.3 Å². The lowest BCUT2D eigenvalue weighted by Crippen LogP contribution is -2.43. The lowest BCUT2D eigenvalue weighted by molar-refractivity contribution is -0.247. The van der Waals surface area contributed by atoms with Crippen molar-refractivity contribution in [3.63, 3.8) is 0 Å². The monoisotopic (exact) mass is 423 g/mol. The highest BCUT2D eigenvalue weighted by Gasteiger charge is 2.57. The molecule has 0 aliphatic rings. The van der Waals surface area contributed by atoms with Crippen molar-refractivity contribution in [3.8, 4) is 5.69 Å². The molecule has 0 fully saturated rings. The number of rotatable bonds is 3. The van der Waals surface area contributed by atoms with Crippen LogP contribution in [0.2, 0.25) is 0 Å². The summed E-state index contributed by atoms with van der Waals surface area (Å²) in [5.41, 5.74) is -1.96. The number of aromatic nitrogens is 5. The lowest BCUT2D eigenvalue weighted by Gasteiger charge is -2.31. The molecule has 3 heterocycles. The molecule has 3 aromatic heterocycles. The van der Waals surface area contributed by atoms with E-state index in [9.17, 15) is 18.3 Å². The van der Waals surface area contributed by atoms with Crippen molar-refractivity contribution in [2.24, 2.45) is 7.05 Å². The van der Waals surface area contributed by atoms with E-state index in [4.69, 9.17) is 0 Å². The van der Waals surface area contributed by atoms with Crippen molar-refractivity contribution in [2.75, 3.05) is 0 Å². The zero-order valence-electron chi connectivity index (χ0n) is 16.2. The van der Waals surface area contributed by atoms with Gasteiger partial charge in [-0.15, -0.1) is 0 Å². The van der Waals surface area contributed by atoms with E-state index in [2.05, 4.69) is 15.1 Å². The summed E-state index contributed by atoms with van der Waals surface area (Å²) in [6.45, 7) is 0. The van der Waals surface area contributed by atoms with Gasteiger partial charge in [-0.2, -0.15) is 18.3 Å². The van der Waals surface area contributed by atoms with Crippen LogP contribution in [0, 0.1) is 0 Å². The van der Waals surface area contributed by atoms with Crippen LogP contribution in [0.1, 0.15) is 11.1 Å². The zero-order valence-corrected chi connectivity index (χ0v) is 16.2. The fourth-order valence-corrected chi connectivity index (χ4v) is 3.97. The van der Waals surface area contributed by atoms with Gasteiger partial charge in [0.1, 0.15) is 12.0 Å². The number of hydrogen-bond acceptors (Lipinski definition) is 4. The van der Waals surface area contributed by atoms with Crippen molar-refractivity contribution in [2.45, 2.75) is 11.8 Å². The Morgan fingerprint density at radius 3 is 2.42 bits per heavy atom. The Morgan fingerprint density at radius 2 is 1.68 bits per heavy atom. The molecule has 2 aromatic carbocycles. The summed E-state index contributed by atoms with van der Waals surface area (Å²) in [5, 5.41) is 16.2. The number of aliphatic hydroxyl groups is 1. The van der Waals surface area contributed by atoms with Crippen LogP contribution < -0.4 is 0 Å². The maximum atomic E-state index is 14.4. The molecule has 0 aliphatic carbocycles. The summed E-state index contributed by atoms with van der Waals surface area (Å²) in [6.07, 6.45) is 2.30. The second-order valence-electron chi connectivity index (χ2n) is 7.31. The SMILES string of the molecule is Cn1cc(C(O)(c2ccc3c(cnn3-c3cncnc3)c2)C(F)(F)F)c2ccccc21. The molecular formula is C22H16F3N5O. The molecule has 0 spiro atoms. The highest BCUT2D eigenvalue weighted by Crippen LogP contribution is 2.47. The molecule has 5 aromatic rings. The molecule has 9 heteroatoms. The quantitative estimate of drug-likeness (QED) is 0.474. The second-order valence-corrected chi connectivity index (χ2v) is 7.31. The van der Waals surface area contributed by atoms with Crippen LogP contribution in [0.5, 0.6) is 0 Å². The standard InChI is InChI=1S/C22H16F3N5O/c1-29-12-18(17-4-2-3-5-20(17)29)21(31,22(23,24)25)15-6-7-19-14(8-15)9-28-30(19)16-10-26-13-27-11-16/h2-13,31H,1H3. The van der Waals surface area contributed by atoms with E-state index in [1.165, 1.54) is 41.6 Å². The molecule has 1 atom stereocenters. The van der Waals surface area contributed by atoms with Gasteiger partial charge in [0, 0.05) is 35.1 Å². The number of para-hydroxylation sites is 1. The fourth-order valence-electron chi connectivity index (χ4n) is 3.97. The zero-order chi connectivity index (χ0) is 21.8. The van der Waals surface area contributed by atoms with Crippen molar-refractivity contribution in [1.29, 1.82) is 0 Å². The van der Waals surface area contributed by atoms with Gasteiger partial charge in [-0.3, -0.25) is 0 Å². The number of nitrogens with zero attached hydrogens (tertiary/aromatic N) is 5. The predicted molar refractivity (Wildman–Crippen MR) is 109 cm³/mol. The van der Waals surface area contributed by atoms with Gasteiger partial charge >= 0.3 is 6.18 Å². The van der Waals surface area contributed by atoms with Gasteiger partial charge in [-0.05, 0) is 23.8 Å². The topological polar surface area (TPSA) is 68.8 Å². The number of fused-ring (bicyclic) bond motifs is 2. The van der Waals surface area contributed by atoms with Gasteiger partial charge in [0.25, 0.3) is 0 Å². The second kappa shape index (κ2) is 6.64. The Hall–Kier alpha value is -3.72. The van der Waals surface area contributed by atoms with Gasteiger partial charge in [0.15, 0.2) is 0 Å². The van der Waals surface area contributed by atoms with E-state index >= 15 is 0 Å². The molecular weight excluding hydrogens is 407 g/mol. The largest absolute Gasteiger partial charge is 0.425 e. The van der Waals surface area contributed by atoms with Gasteiger partial charge < -0.3 is 9.67 Å². The first-order valence-electron chi connectivity index (χ1n) is 9.38. The molecule has 156 valence electrons. The number of hydrogen-bond donors (Lipinski definition) is 1. The number of alkyl halides is 3. The van der Waals surface area contributed by atoms with Crippen LogP contribution in [-0.2, 0) is 12.6 Å². The van der Waals surface area contributed by atoms with E-state index < -0.39 is 11.8 Å². The van der Waals surface area contributed by atoms with Crippen LogP contribution in [0.25, 0.3) is 27.5 Å². The summed E-state index contributed by atoms with van der Waals surface area (Å²) >= 11 is 0. The molecule has 1 unspecified atom stereocenters. The highest BCUT2D eigenvalue weighted by atomic mass is 19.4. The highest BCUT2D eigenvalue weighted by molar-refractivity contribution is 5.86. The summed E-state index contributed by atoms with van der Waals surface area (Å²) in [6, 6.07) is 10.8. The number of benzene rings is 2. The summed E-state index contributed by atoms with van der Waals surface area (Å²) in [4.78, 5) is 7.89. The molecule has 0 amide bonds. The Balaban J connectivity index is 1.73. The maximum absolute atomic E-state index is 14.4. The van der Waals surface area contributed by atoms with Crippen LogP contribution >= 0.6 is 0 Å². The van der Waals surface area contributed by atoms with Crippen molar-refractivity contribution >= 4 is 21.8 Å². The lowest BCUT2D eigenvalue weighted by atomic mass is 9.85. The summed E-state index contributed by atoms with van der Waals surface area (Å²) < 4.78 is 46.3. The van der Waals surface area contributed by atoms with Crippen LogP contribution in [0.4, 0.5) is 13.2 Å². The fraction of sp³-hybridized carbons (Fsp3) is 0.136. The van der Waals surface area contributed by atoms with Gasteiger partial charge in [0.05, 0.1) is 24.1 Å². The average Bonchev–Trinajstić information content (AvgIpc) is 3.34. The molecule has 0 saturated heterocycles. The van der Waals surface area contributed by atoms with Crippen LogP contribution in [-0.4, -0.2) is 35.6 Å². The number of halogens is 3. The molecule has 0 radical (unpaired) electrons. The summed E-state index contributed by atoms with van der Waals surface area (Å²) in [5.74, 6) is 0. The molecule has 6 nitrogen and oxygen atoms in total. The van der Waals surface area contributed by atoms with Crippen LogP contribution in [0.15, 0.2) is 73.6 Å². The first-order valence-corrected chi connectivity index (χ1v) is 9.38. The Labute approximate surface area is 174 Å². The number of aryl methyl sites for hydroxylation is 1. The Morgan fingerprint density at radius 1 is 0.935 bits per heavy atom. The van der Waals surface area contributed by atoms with Crippen molar-refractivity contribution in [1.82, 2.24) is 24.3 Å². The van der Waals surface area contributed by atoms with E-state index in [1.807, 2.05) is 0 Å². The maximum Gasteiger partial charge on any atom is 0.425 e. The molecule has 0 bridgehead atoms. The van der Waals surface area contributed by atoms with E-state index in [1.54, 1.807) is 48.3 Å². The Bertz CT molecular complexity index is 1410. The third-order valence-corrected chi connectivity index (χ3v) is 5.47. The third kappa shape index (κ3) is 2.81. The van der Waals surface area contributed by atoms with E-state index in [-0.39, 0.29) is 11.1 Å². The first-order chi connectivity index (χ1) is 14.8. The first kappa shape index (κ1) is 19.3. The van der Waals surface area contributed by atoms with Crippen molar-refractivity contribution in [3.05, 3.63) is 84.7 Å². The molecule has 5 rings (SSSR count). The minimum Gasteiger partial charge on any atom is -0.372 e. The minimum absolute atomic E-state index is 0.221. The Kier molecular flexibility index (Phi) is 4.13. The summed E-state index contributed by atoms with van der Waals surface area (Å²) in [7, 11) is 1.65. The van der Waals surface area contributed by atoms with Crippen molar-refractivity contribution < 1.29 is 18.3 Å². The molecule has 31 heavy (non-hydrogen) atoms. The van der Waals surface area contributed by atoms with E-state index in [0.29, 0.717) is 27.5 Å². The molecule has 0 aliphatic heterocycles. The minimum atomic E-state index is -4.95. The normalized spacial score (nSPS) is 14.2. The van der Waals surface area contributed by atoms with Gasteiger partial charge in [-0.25, -0.2) is 14.6 Å².